The topological polar surface area (TPSA) is 57.6 Å². The summed E-state index contributed by atoms with van der Waals surface area (Å²) >= 11 is 0. The van der Waals surface area contributed by atoms with Crippen molar-refractivity contribution in [2.75, 3.05) is 7.05 Å². The summed E-state index contributed by atoms with van der Waals surface area (Å²) in [5, 5.41) is 9.66. The van der Waals surface area contributed by atoms with E-state index >= 15 is 0 Å². The fourth-order valence-electron chi connectivity index (χ4n) is 7.14. The molecular formula is C20H29NO3. The van der Waals surface area contributed by atoms with Crippen molar-refractivity contribution in [2.45, 2.75) is 58.4 Å². The van der Waals surface area contributed by atoms with Gasteiger partial charge in [0.05, 0.1) is 5.92 Å². The third-order valence-corrected chi connectivity index (χ3v) is 8.43. The van der Waals surface area contributed by atoms with Crippen LogP contribution in [0.4, 0.5) is 0 Å². The minimum absolute atomic E-state index is 0.0314. The molecular weight excluding hydrogens is 302 g/mol. The fourth-order valence-corrected chi connectivity index (χ4v) is 7.14. The first-order valence-corrected chi connectivity index (χ1v) is 9.48. The van der Waals surface area contributed by atoms with Crippen LogP contribution in [-0.2, 0) is 9.59 Å². The van der Waals surface area contributed by atoms with Gasteiger partial charge in [0.1, 0.15) is 0 Å². The summed E-state index contributed by atoms with van der Waals surface area (Å²) in [6, 6.07) is 0.303. The van der Waals surface area contributed by atoms with Gasteiger partial charge in [-0.1, -0.05) is 19.9 Å². The summed E-state index contributed by atoms with van der Waals surface area (Å²) in [6.07, 6.45) is 10.2. The van der Waals surface area contributed by atoms with Crippen molar-refractivity contribution in [3.63, 3.8) is 0 Å². The van der Waals surface area contributed by atoms with Crippen LogP contribution in [0.15, 0.2) is 12.2 Å². The van der Waals surface area contributed by atoms with Crippen LogP contribution in [0.3, 0.4) is 0 Å². The molecule has 0 unspecified atom stereocenters. The molecule has 132 valence electrons. The van der Waals surface area contributed by atoms with Crippen LogP contribution < -0.4 is 0 Å². The molecule has 4 heteroatoms. The highest BCUT2D eigenvalue weighted by Gasteiger charge is 2.61. The van der Waals surface area contributed by atoms with Crippen LogP contribution in [-0.4, -0.2) is 35.0 Å². The Morgan fingerprint density at radius 2 is 1.92 bits per heavy atom. The Bertz CT molecular complexity index is 614. The Hall–Kier alpha value is -1.32. The van der Waals surface area contributed by atoms with Crippen LogP contribution in [0, 0.1) is 34.5 Å². The molecule has 1 N–H and O–H groups in total. The molecule has 1 aliphatic heterocycles. The van der Waals surface area contributed by atoms with Gasteiger partial charge in [0.2, 0.25) is 5.91 Å². The summed E-state index contributed by atoms with van der Waals surface area (Å²) in [6.45, 7) is 4.57. The Morgan fingerprint density at radius 3 is 2.62 bits per heavy atom. The standard InChI is InChI=1S/C20H29NO3/c1-19-10-8-14-12(13(19)5-6-15(19)18(23)24)4-7-16-20(14,2)11-9-17(22)21(16)3/h9,11-16H,4-8,10H2,1-3H3,(H,23,24)/t12-,13-,14-,15+,16+,19-,20+/m0/s1. The quantitative estimate of drug-likeness (QED) is 0.802. The van der Waals surface area contributed by atoms with Crippen molar-refractivity contribution in [3.8, 4) is 0 Å². The van der Waals surface area contributed by atoms with Gasteiger partial charge < -0.3 is 10.0 Å². The third kappa shape index (κ3) is 1.91. The normalized spacial score (nSPS) is 50.2. The molecule has 4 aliphatic rings. The molecule has 1 heterocycles. The molecule has 0 spiro atoms. The predicted molar refractivity (Wildman–Crippen MR) is 91.2 cm³/mol. The predicted octanol–water partition coefficient (Wildman–Crippen LogP) is 3.33. The number of hydrogen-bond acceptors (Lipinski definition) is 2. The van der Waals surface area contributed by atoms with Gasteiger partial charge >= 0.3 is 5.97 Å². The number of carbonyl (C=O) groups excluding carboxylic acids is 1. The maximum atomic E-state index is 12.1. The Labute approximate surface area is 144 Å². The minimum atomic E-state index is -0.596. The Balaban J connectivity index is 1.68. The van der Waals surface area contributed by atoms with E-state index in [1.807, 2.05) is 11.9 Å². The van der Waals surface area contributed by atoms with Crippen molar-refractivity contribution in [1.29, 1.82) is 0 Å². The van der Waals surface area contributed by atoms with Crippen molar-refractivity contribution in [3.05, 3.63) is 12.2 Å². The molecule has 7 atom stereocenters. The second-order valence-electron chi connectivity index (χ2n) is 9.13. The third-order valence-electron chi connectivity index (χ3n) is 8.43. The zero-order valence-electron chi connectivity index (χ0n) is 15.0. The molecule has 0 saturated heterocycles. The van der Waals surface area contributed by atoms with Gasteiger partial charge in [-0.25, -0.2) is 0 Å². The number of carbonyl (C=O) groups is 2. The first-order valence-electron chi connectivity index (χ1n) is 9.48. The molecule has 0 aromatic carbocycles. The van der Waals surface area contributed by atoms with E-state index in [4.69, 9.17) is 0 Å². The van der Waals surface area contributed by atoms with E-state index in [0.717, 1.165) is 38.5 Å². The van der Waals surface area contributed by atoms with Crippen LogP contribution in [0.2, 0.25) is 0 Å². The molecule has 0 aromatic rings. The Morgan fingerprint density at radius 1 is 1.17 bits per heavy atom. The van der Waals surface area contributed by atoms with Crippen molar-refractivity contribution < 1.29 is 14.7 Å². The molecule has 0 bridgehead atoms. The van der Waals surface area contributed by atoms with E-state index in [1.54, 1.807) is 6.08 Å². The highest BCUT2D eigenvalue weighted by molar-refractivity contribution is 5.89. The van der Waals surface area contributed by atoms with Gasteiger partial charge in [0, 0.05) is 18.5 Å². The van der Waals surface area contributed by atoms with Gasteiger partial charge in [-0.2, -0.15) is 0 Å². The van der Waals surface area contributed by atoms with Gasteiger partial charge in [0.15, 0.2) is 0 Å². The minimum Gasteiger partial charge on any atom is -0.481 e. The number of rotatable bonds is 1. The number of carboxylic acid groups (broad SMARTS) is 1. The maximum absolute atomic E-state index is 12.1. The van der Waals surface area contributed by atoms with E-state index in [9.17, 15) is 14.7 Å². The summed E-state index contributed by atoms with van der Waals surface area (Å²) in [5.41, 5.74) is 0.0184. The number of hydrogen-bond donors (Lipinski definition) is 1. The van der Waals surface area contributed by atoms with Crippen molar-refractivity contribution in [1.82, 2.24) is 4.90 Å². The maximum Gasteiger partial charge on any atom is 0.307 e. The van der Waals surface area contributed by atoms with E-state index < -0.39 is 5.97 Å². The van der Waals surface area contributed by atoms with Crippen LogP contribution in [0.25, 0.3) is 0 Å². The average molecular weight is 331 g/mol. The highest BCUT2D eigenvalue weighted by Crippen LogP contribution is 2.65. The summed E-state index contributed by atoms with van der Waals surface area (Å²) in [7, 11) is 1.94. The molecule has 4 nitrogen and oxygen atoms in total. The largest absolute Gasteiger partial charge is 0.481 e. The monoisotopic (exact) mass is 331 g/mol. The van der Waals surface area contributed by atoms with Gasteiger partial charge in [-0.3, -0.25) is 9.59 Å². The molecule has 0 aromatic heterocycles. The summed E-state index contributed by atoms with van der Waals surface area (Å²) < 4.78 is 0. The smallest absolute Gasteiger partial charge is 0.307 e. The zero-order valence-corrected chi connectivity index (χ0v) is 15.0. The van der Waals surface area contributed by atoms with Crippen molar-refractivity contribution in [2.24, 2.45) is 34.5 Å². The summed E-state index contributed by atoms with van der Waals surface area (Å²) in [5.74, 6) is 1.09. The molecule has 3 fully saturated rings. The number of amides is 1. The fraction of sp³-hybridized carbons (Fsp3) is 0.800. The van der Waals surface area contributed by atoms with Gasteiger partial charge in [0.25, 0.3) is 0 Å². The molecule has 0 radical (unpaired) electrons. The number of carboxylic acids is 1. The first kappa shape index (κ1) is 16.2. The highest BCUT2D eigenvalue weighted by atomic mass is 16.4. The van der Waals surface area contributed by atoms with E-state index in [0.29, 0.717) is 23.8 Å². The van der Waals surface area contributed by atoms with Crippen LogP contribution in [0.5, 0.6) is 0 Å². The first-order chi connectivity index (χ1) is 11.3. The summed E-state index contributed by atoms with van der Waals surface area (Å²) in [4.78, 5) is 25.8. The lowest BCUT2D eigenvalue weighted by molar-refractivity contribution is -0.152. The molecule has 1 amide bonds. The lowest BCUT2D eigenvalue weighted by Crippen LogP contribution is -2.59. The molecule has 3 aliphatic carbocycles. The van der Waals surface area contributed by atoms with Crippen LogP contribution >= 0.6 is 0 Å². The second kappa shape index (κ2) is 5.09. The lowest BCUT2D eigenvalue weighted by Gasteiger charge is -2.60. The second-order valence-corrected chi connectivity index (χ2v) is 9.13. The number of likely N-dealkylation sites (N-methyl/N-ethyl adjacent to an activating group) is 1. The lowest BCUT2D eigenvalue weighted by atomic mass is 9.47. The van der Waals surface area contributed by atoms with Gasteiger partial charge in [-0.15, -0.1) is 0 Å². The van der Waals surface area contributed by atoms with Crippen molar-refractivity contribution >= 4 is 11.9 Å². The number of fused-ring (bicyclic) bond motifs is 5. The average Bonchev–Trinajstić information content (AvgIpc) is 2.89. The van der Waals surface area contributed by atoms with Gasteiger partial charge in [-0.05, 0) is 67.8 Å². The Kier molecular flexibility index (Phi) is 3.43. The molecule has 24 heavy (non-hydrogen) atoms. The van der Waals surface area contributed by atoms with Crippen LogP contribution in [0.1, 0.15) is 52.4 Å². The van der Waals surface area contributed by atoms with E-state index in [2.05, 4.69) is 19.9 Å². The zero-order chi connectivity index (χ0) is 17.3. The van der Waals surface area contributed by atoms with E-state index in [-0.39, 0.29) is 22.7 Å². The molecule has 3 saturated carbocycles. The SMILES string of the molecule is CN1C(=O)C=C[C@]2(C)[C@H]3CC[C@]4(C)[C@@H](C(=O)O)CC[C@H]4[C@@H]3CC[C@@H]12. The molecule has 4 rings (SSSR count). The number of nitrogens with zero attached hydrogens (tertiary/aromatic N) is 1. The van der Waals surface area contributed by atoms with E-state index in [1.165, 1.54) is 0 Å². The number of aliphatic carboxylic acids is 1.